The van der Waals surface area contributed by atoms with Gasteiger partial charge in [-0.15, -0.1) is 0 Å². The first-order valence-corrected chi connectivity index (χ1v) is 6.73. The molecule has 1 aromatic carbocycles. The Kier molecular flexibility index (Phi) is 3.52. The van der Waals surface area contributed by atoms with E-state index in [1.54, 1.807) is 12.1 Å². The van der Waals surface area contributed by atoms with E-state index in [2.05, 4.69) is 11.1 Å². The summed E-state index contributed by atoms with van der Waals surface area (Å²) in [5, 5.41) is 0. The van der Waals surface area contributed by atoms with Crippen molar-refractivity contribution in [3.63, 3.8) is 0 Å². The lowest BCUT2D eigenvalue weighted by Crippen LogP contribution is -2.06. The Bertz CT molecular complexity index is 720. The minimum absolute atomic E-state index is 0.361. The fourth-order valence-electron chi connectivity index (χ4n) is 2.58. The molecule has 3 nitrogen and oxygen atoms in total. The predicted molar refractivity (Wildman–Crippen MR) is 77.4 cm³/mol. The smallest absolute Gasteiger partial charge is 0.337 e. The van der Waals surface area contributed by atoms with Crippen LogP contribution in [0.25, 0.3) is 5.57 Å². The van der Waals surface area contributed by atoms with Crippen molar-refractivity contribution in [3.05, 3.63) is 70.8 Å². The molecule has 0 spiro atoms. The highest BCUT2D eigenvalue weighted by molar-refractivity contribution is 5.92. The molecular formula is C17H14FNO2. The molecule has 0 bridgehead atoms. The summed E-state index contributed by atoms with van der Waals surface area (Å²) in [6.07, 6.45) is 5.45. The van der Waals surface area contributed by atoms with Crippen LogP contribution in [0.2, 0.25) is 0 Å². The Morgan fingerprint density at radius 1 is 1.29 bits per heavy atom. The van der Waals surface area contributed by atoms with Gasteiger partial charge >= 0.3 is 5.97 Å². The highest BCUT2D eigenvalue weighted by atomic mass is 19.1. The number of methoxy groups -OCH3 is 1. The van der Waals surface area contributed by atoms with Gasteiger partial charge < -0.3 is 4.74 Å². The van der Waals surface area contributed by atoms with E-state index in [4.69, 9.17) is 4.74 Å². The van der Waals surface area contributed by atoms with Crippen LogP contribution in [0, 0.1) is 5.95 Å². The highest BCUT2D eigenvalue weighted by Crippen LogP contribution is 2.32. The number of carbonyl (C=O) groups excluding carboxylic acids is 1. The number of hydrogen-bond donors (Lipinski definition) is 0. The first-order chi connectivity index (χ1) is 10.2. The minimum atomic E-state index is -0.501. The summed E-state index contributed by atoms with van der Waals surface area (Å²) in [4.78, 5) is 15.4. The maximum absolute atomic E-state index is 13.0. The van der Waals surface area contributed by atoms with Crippen LogP contribution >= 0.6 is 0 Å². The SMILES string of the molecule is COC(=O)c1ccc2c(c1)C(c1ccc(F)nc1)=CCC2. The van der Waals surface area contributed by atoms with E-state index < -0.39 is 5.95 Å². The van der Waals surface area contributed by atoms with Crippen LogP contribution in [0.15, 0.2) is 42.6 Å². The number of aryl methyl sites for hydroxylation is 1. The largest absolute Gasteiger partial charge is 0.465 e. The second-order valence-electron chi connectivity index (χ2n) is 4.89. The Morgan fingerprint density at radius 3 is 2.86 bits per heavy atom. The van der Waals surface area contributed by atoms with Crippen molar-refractivity contribution < 1.29 is 13.9 Å². The third-order valence-corrected chi connectivity index (χ3v) is 3.62. The number of halogens is 1. The molecule has 1 aliphatic rings. The molecule has 21 heavy (non-hydrogen) atoms. The van der Waals surface area contributed by atoms with Gasteiger partial charge in [-0.05, 0) is 53.8 Å². The number of aromatic nitrogens is 1. The van der Waals surface area contributed by atoms with Crippen molar-refractivity contribution in [2.24, 2.45) is 0 Å². The van der Waals surface area contributed by atoms with E-state index in [1.807, 2.05) is 12.1 Å². The summed E-state index contributed by atoms with van der Waals surface area (Å²) in [7, 11) is 1.36. The number of carbonyl (C=O) groups is 1. The molecule has 3 rings (SSSR count). The Morgan fingerprint density at radius 2 is 2.14 bits per heavy atom. The molecule has 4 heteroatoms. The van der Waals surface area contributed by atoms with Crippen molar-refractivity contribution in [1.82, 2.24) is 4.98 Å². The van der Waals surface area contributed by atoms with Crippen LogP contribution in [-0.2, 0) is 11.2 Å². The van der Waals surface area contributed by atoms with E-state index in [0.29, 0.717) is 5.56 Å². The first kappa shape index (κ1) is 13.5. The molecule has 0 saturated carbocycles. The molecular weight excluding hydrogens is 269 g/mol. The van der Waals surface area contributed by atoms with Crippen molar-refractivity contribution in [2.45, 2.75) is 12.8 Å². The van der Waals surface area contributed by atoms with Gasteiger partial charge in [-0.25, -0.2) is 9.78 Å². The van der Waals surface area contributed by atoms with E-state index >= 15 is 0 Å². The average molecular weight is 283 g/mol. The van der Waals surface area contributed by atoms with Gasteiger partial charge in [0.2, 0.25) is 5.95 Å². The molecule has 106 valence electrons. The third-order valence-electron chi connectivity index (χ3n) is 3.62. The second-order valence-corrected chi connectivity index (χ2v) is 4.89. The van der Waals surface area contributed by atoms with E-state index in [0.717, 1.165) is 29.5 Å². The maximum Gasteiger partial charge on any atom is 0.337 e. The fraction of sp³-hybridized carbons (Fsp3) is 0.176. The summed E-state index contributed by atoms with van der Waals surface area (Å²) >= 11 is 0. The minimum Gasteiger partial charge on any atom is -0.465 e. The lowest BCUT2D eigenvalue weighted by Gasteiger charge is -2.18. The average Bonchev–Trinajstić information content (AvgIpc) is 2.54. The molecule has 0 aliphatic heterocycles. The second kappa shape index (κ2) is 5.48. The molecule has 0 fully saturated rings. The zero-order valence-corrected chi connectivity index (χ0v) is 11.6. The van der Waals surface area contributed by atoms with Gasteiger partial charge in [0.05, 0.1) is 12.7 Å². The highest BCUT2D eigenvalue weighted by Gasteiger charge is 2.17. The molecule has 0 atom stereocenters. The number of ether oxygens (including phenoxy) is 1. The van der Waals surface area contributed by atoms with Crippen molar-refractivity contribution in [1.29, 1.82) is 0 Å². The topological polar surface area (TPSA) is 39.2 Å². The maximum atomic E-state index is 13.0. The number of nitrogens with zero attached hydrogens (tertiary/aromatic N) is 1. The van der Waals surface area contributed by atoms with Crippen LogP contribution < -0.4 is 0 Å². The number of rotatable bonds is 2. The molecule has 1 aliphatic carbocycles. The Hall–Kier alpha value is -2.49. The fourth-order valence-corrected chi connectivity index (χ4v) is 2.58. The number of esters is 1. The van der Waals surface area contributed by atoms with Crippen LogP contribution in [0.5, 0.6) is 0 Å². The van der Waals surface area contributed by atoms with Crippen LogP contribution in [-0.4, -0.2) is 18.1 Å². The number of hydrogen-bond acceptors (Lipinski definition) is 3. The molecule has 0 radical (unpaired) electrons. The van der Waals surface area contributed by atoms with Crippen molar-refractivity contribution >= 4 is 11.5 Å². The summed E-state index contributed by atoms with van der Waals surface area (Å²) in [6, 6.07) is 8.60. The molecule has 1 aromatic heterocycles. The standard InChI is InChI=1S/C17H14FNO2/c1-21-17(20)12-6-5-11-3-2-4-14(15(11)9-12)13-7-8-16(18)19-10-13/h4-10H,2-3H2,1H3. The number of benzene rings is 1. The van der Waals surface area contributed by atoms with Gasteiger partial charge in [0.15, 0.2) is 0 Å². The summed E-state index contributed by atoms with van der Waals surface area (Å²) in [6.45, 7) is 0. The van der Waals surface area contributed by atoms with E-state index in [9.17, 15) is 9.18 Å². The summed E-state index contributed by atoms with van der Waals surface area (Å²) in [5.74, 6) is -0.862. The van der Waals surface area contributed by atoms with Crippen molar-refractivity contribution in [3.8, 4) is 0 Å². The molecule has 2 aromatic rings. The van der Waals surface area contributed by atoms with Gasteiger partial charge in [-0.3, -0.25) is 0 Å². The van der Waals surface area contributed by atoms with E-state index in [1.165, 1.54) is 24.9 Å². The van der Waals surface area contributed by atoms with Gasteiger partial charge in [0.25, 0.3) is 0 Å². The molecule has 0 N–H and O–H groups in total. The number of allylic oxidation sites excluding steroid dienone is 1. The lowest BCUT2D eigenvalue weighted by atomic mass is 9.86. The molecule has 0 amide bonds. The molecule has 0 unspecified atom stereocenters. The van der Waals surface area contributed by atoms with Crippen LogP contribution in [0.1, 0.15) is 33.5 Å². The quantitative estimate of drug-likeness (QED) is 0.626. The Labute approximate surface area is 122 Å². The molecule has 1 heterocycles. The number of fused-ring (bicyclic) bond motifs is 1. The van der Waals surface area contributed by atoms with Gasteiger partial charge in [-0.2, -0.15) is 4.39 Å². The van der Waals surface area contributed by atoms with Gasteiger partial charge in [0, 0.05) is 11.8 Å². The monoisotopic (exact) mass is 283 g/mol. The third kappa shape index (κ3) is 2.57. The van der Waals surface area contributed by atoms with Crippen molar-refractivity contribution in [2.75, 3.05) is 7.11 Å². The zero-order valence-electron chi connectivity index (χ0n) is 11.6. The summed E-state index contributed by atoms with van der Waals surface area (Å²) < 4.78 is 17.7. The van der Waals surface area contributed by atoms with Gasteiger partial charge in [-0.1, -0.05) is 12.1 Å². The lowest BCUT2D eigenvalue weighted by molar-refractivity contribution is 0.0600. The Balaban J connectivity index is 2.08. The van der Waals surface area contributed by atoms with Crippen LogP contribution in [0.4, 0.5) is 4.39 Å². The molecule has 0 saturated heterocycles. The number of pyridine rings is 1. The van der Waals surface area contributed by atoms with E-state index in [-0.39, 0.29) is 5.97 Å². The first-order valence-electron chi connectivity index (χ1n) is 6.73. The van der Waals surface area contributed by atoms with Gasteiger partial charge in [0.1, 0.15) is 0 Å². The zero-order chi connectivity index (χ0) is 14.8. The predicted octanol–water partition coefficient (Wildman–Crippen LogP) is 3.39. The summed E-state index contributed by atoms with van der Waals surface area (Å²) in [5.41, 5.74) is 4.50. The normalized spacial score (nSPS) is 13.3. The van der Waals surface area contributed by atoms with Crippen LogP contribution in [0.3, 0.4) is 0 Å².